The number of amides is 1. The second kappa shape index (κ2) is 10.1. The Hall–Kier alpha value is -3.64. The zero-order valence-electron chi connectivity index (χ0n) is 19.1. The smallest absolute Gasteiger partial charge is 0.255 e. The molecule has 2 fully saturated rings. The van der Waals surface area contributed by atoms with Crippen molar-refractivity contribution in [1.29, 1.82) is 0 Å². The lowest BCUT2D eigenvalue weighted by atomic mass is 9.93. The molecule has 1 aliphatic carbocycles. The molecular weight excluding hydrogens is 426 g/mol. The molecule has 6 heteroatoms. The van der Waals surface area contributed by atoms with E-state index in [4.69, 9.17) is 4.74 Å². The first-order valence-electron chi connectivity index (χ1n) is 11.9. The molecular formula is C28H29N3O3. The average molecular weight is 456 g/mol. The Labute approximate surface area is 199 Å². The first-order valence-corrected chi connectivity index (χ1v) is 11.9. The van der Waals surface area contributed by atoms with E-state index < -0.39 is 0 Å². The molecule has 1 saturated carbocycles. The van der Waals surface area contributed by atoms with Crippen molar-refractivity contribution in [2.75, 3.05) is 41.8 Å². The maximum absolute atomic E-state index is 12.8. The van der Waals surface area contributed by atoms with E-state index in [0.717, 1.165) is 37.7 Å². The number of rotatable bonds is 7. The molecule has 3 aromatic carbocycles. The van der Waals surface area contributed by atoms with Crippen molar-refractivity contribution in [3.63, 3.8) is 0 Å². The zero-order chi connectivity index (χ0) is 23.3. The molecule has 34 heavy (non-hydrogen) atoms. The topological polar surface area (TPSA) is 70.7 Å². The lowest BCUT2D eigenvalue weighted by Crippen LogP contribution is -2.36. The number of hydrogen-bond donors (Lipinski definition) is 2. The predicted molar refractivity (Wildman–Crippen MR) is 135 cm³/mol. The number of ether oxygens (including phenoxy) is 1. The van der Waals surface area contributed by atoms with Crippen LogP contribution in [0.15, 0.2) is 72.8 Å². The molecule has 0 aromatic heterocycles. The van der Waals surface area contributed by atoms with Crippen molar-refractivity contribution >= 4 is 28.8 Å². The third-order valence-electron chi connectivity index (χ3n) is 6.53. The number of benzene rings is 3. The lowest BCUT2D eigenvalue weighted by molar-refractivity contribution is 0.102. The largest absolute Gasteiger partial charge is 0.382 e. The van der Waals surface area contributed by atoms with E-state index in [-0.39, 0.29) is 11.7 Å². The molecule has 2 aliphatic rings. The van der Waals surface area contributed by atoms with E-state index in [2.05, 4.69) is 15.5 Å². The fourth-order valence-corrected chi connectivity index (χ4v) is 4.23. The van der Waals surface area contributed by atoms with Crippen molar-refractivity contribution in [3.8, 4) is 0 Å². The lowest BCUT2D eigenvalue weighted by Gasteiger charge is -2.28. The summed E-state index contributed by atoms with van der Waals surface area (Å²) in [5.41, 5.74) is 4.63. The van der Waals surface area contributed by atoms with Crippen molar-refractivity contribution in [2.45, 2.75) is 25.3 Å². The van der Waals surface area contributed by atoms with Crippen LogP contribution in [0.25, 0.3) is 0 Å². The van der Waals surface area contributed by atoms with Gasteiger partial charge in [0.15, 0.2) is 5.78 Å². The summed E-state index contributed by atoms with van der Waals surface area (Å²) in [7, 11) is 0. The summed E-state index contributed by atoms with van der Waals surface area (Å²) in [6, 6.07) is 22.8. The van der Waals surface area contributed by atoms with Crippen molar-refractivity contribution in [3.05, 3.63) is 89.5 Å². The second-order valence-corrected chi connectivity index (χ2v) is 8.86. The number of morpholine rings is 1. The van der Waals surface area contributed by atoms with Gasteiger partial charge in [-0.15, -0.1) is 0 Å². The molecule has 3 aromatic rings. The highest BCUT2D eigenvalue weighted by Crippen LogP contribution is 2.24. The van der Waals surface area contributed by atoms with Crippen LogP contribution in [0.5, 0.6) is 0 Å². The summed E-state index contributed by atoms with van der Waals surface area (Å²) in [4.78, 5) is 27.8. The molecule has 0 bridgehead atoms. The average Bonchev–Trinajstić information content (AvgIpc) is 2.87. The Morgan fingerprint density at radius 1 is 0.735 bits per heavy atom. The number of nitrogens with one attached hydrogen (secondary N) is 2. The Bertz CT molecular complexity index is 1130. The molecule has 1 aliphatic heterocycles. The highest BCUT2D eigenvalue weighted by atomic mass is 16.5. The fourth-order valence-electron chi connectivity index (χ4n) is 4.23. The SMILES string of the molecule is O=C(Nc1ccc(C(=O)c2ccc(NC3CCC3)cc2)cc1)c1ccc(N2CCOCC2)cc1. The number of hydrogen-bond acceptors (Lipinski definition) is 5. The molecule has 1 saturated heterocycles. The number of nitrogens with zero attached hydrogens (tertiary/aromatic N) is 1. The maximum atomic E-state index is 12.8. The molecule has 1 heterocycles. The monoisotopic (exact) mass is 455 g/mol. The van der Waals surface area contributed by atoms with E-state index in [1.807, 2.05) is 48.5 Å². The van der Waals surface area contributed by atoms with Crippen LogP contribution in [0.4, 0.5) is 17.1 Å². The Morgan fingerprint density at radius 3 is 1.85 bits per heavy atom. The maximum Gasteiger partial charge on any atom is 0.255 e. The van der Waals surface area contributed by atoms with Crippen LogP contribution in [0.1, 0.15) is 45.5 Å². The summed E-state index contributed by atoms with van der Waals surface area (Å²) in [5.74, 6) is -0.214. The van der Waals surface area contributed by atoms with E-state index in [0.29, 0.717) is 28.4 Å². The van der Waals surface area contributed by atoms with Gasteiger partial charge in [-0.05, 0) is 92.1 Å². The third-order valence-corrected chi connectivity index (χ3v) is 6.53. The quantitative estimate of drug-likeness (QED) is 0.492. The summed E-state index contributed by atoms with van der Waals surface area (Å²) in [5, 5.41) is 6.39. The first kappa shape index (κ1) is 22.2. The van der Waals surface area contributed by atoms with E-state index >= 15 is 0 Å². The summed E-state index contributed by atoms with van der Waals surface area (Å²) in [6.07, 6.45) is 3.71. The molecule has 0 unspecified atom stereocenters. The minimum Gasteiger partial charge on any atom is -0.382 e. The minimum atomic E-state index is -0.179. The van der Waals surface area contributed by atoms with Gasteiger partial charge in [-0.2, -0.15) is 0 Å². The Kier molecular flexibility index (Phi) is 6.58. The normalized spacial score (nSPS) is 15.9. The van der Waals surface area contributed by atoms with Gasteiger partial charge in [0.25, 0.3) is 5.91 Å². The van der Waals surface area contributed by atoms with Crippen molar-refractivity contribution < 1.29 is 14.3 Å². The molecule has 174 valence electrons. The second-order valence-electron chi connectivity index (χ2n) is 8.86. The van der Waals surface area contributed by atoms with Gasteiger partial charge in [-0.1, -0.05) is 0 Å². The van der Waals surface area contributed by atoms with Gasteiger partial charge in [0.2, 0.25) is 0 Å². The minimum absolute atomic E-state index is 0.0354. The van der Waals surface area contributed by atoms with Crippen LogP contribution in [-0.2, 0) is 4.74 Å². The molecule has 5 rings (SSSR count). The van der Waals surface area contributed by atoms with Gasteiger partial charge in [0.1, 0.15) is 0 Å². The van der Waals surface area contributed by atoms with Gasteiger partial charge in [0, 0.05) is 52.9 Å². The van der Waals surface area contributed by atoms with Gasteiger partial charge >= 0.3 is 0 Å². The van der Waals surface area contributed by atoms with E-state index in [1.165, 1.54) is 19.3 Å². The van der Waals surface area contributed by atoms with Gasteiger partial charge in [-0.3, -0.25) is 9.59 Å². The predicted octanol–water partition coefficient (Wildman–Crippen LogP) is 4.97. The molecule has 1 amide bonds. The Balaban J connectivity index is 1.18. The fraction of sp³-hybridized carbons (Fsp3) is 0.286. The van der Waals surface area contributed by atoms with Gasteiger partial charge < -0.3 is 20.3 Å². The molecule has 6 nitrogen and oxygen atoms in total. The summed E-state index contributed by atoms with van der Waals surface area (Å²) in [6.45, 7) is 3.17. The third kappa shape index (κ3) is 5.13. The standard InChI is InChI=1S/C28H29N3O3/c32-27(20-4-10-24(11-5-20)29-23-2-1-3-23)21-6-12-25(13-7-21)30-28(33)22-8-14-26(15-9-22)31-16-18-34-19-17-31/h4-15,23,29H,1-3,16-19H2,(H,30,33). The van der Waals surface area contributed by atoms with Crippen LogP contribution in [0.2, 0.25) is 0 Å². The van der Waals surface area contributed by atoms with E-state index in [9.17, 15) is 9.59 Å². The van der Waals surface area contributed by atoms with Crippen LogP contribution >= 0.6 is 0 Å². The number of anilines is 3. The van der Waals surface area contributed by atoms with Crippen LogP contribution in [0, 0.1) is 0 Å². The molecule has 0 radical (unpaired) electrons. The van der Waals surface area contributed by atoms with Crippen LogP contribution in [-0.4, -0.2) is 44.0 Å². The number of carbonyl (C=O) groups excluding carboxylic acids is 2. The van der Waals surface area contributed by atoms with Crippen molar-refractivity contribution in [2.24, 2.45) is 0 Å². The van der Waals surface area contributed by atoms with E-state index in [1.54, 1.807) is 24.3 Å². The summed E-state index contributed by atoms with van der Waals surface area (Å²) < 4.78 is 5.39. The summed E-state index contributed by atoms with van der Waals surface area (Å²) >= 11 is 0. The highest BCUT2D eigenvalue weighted by Gasteiger charge is 2.17. The molecule has 0 spiro atoms. The molecule has 2 N–H and O–H groups in total. The highest BCUT2D eigenvalue weighted by molar-refractivity contribution is 6.09. The van der Waals surface area contributed by atoms with Gasteiger partial charge in [-0.25, -0.2) is 0 Å². The van der Waals surface area contributed by atoms with Crippen molar-refractivity contribution in [1.82, 2.24) is 0 Å². The van der Waals surface area contributed by atoms with Crippen LogP contribution in [0.3, 0.4) is 0 Å². The molecule has 0 atom stereocenters. The zero-order valence-corrected chi connectivity index (χ0v) is 19.1. The number of ketones is 1. The number of carbonyl (C=O) groups is 2. The Morgan fingerprint density at radius 2 is 1.29 bits per heavy atom. The van der Waals surface area contributed by atoms with Gasteiger partial charge in [0.05, 0.1) is 13.2 Å². The first-order chi connectivity index (χ1) is 16.7. The van der Waals surface area contributed by atoms with Crippen LogP contribution < -0.4 is 15.5 Å².